The minimum atomic E-state index is -4.33. The van der Waals surface area contributed by atoms with Crippen molar-refractivity contribution in [2.45, 2.75) is 57.2 Å². The highest BCUT2D eigenvalue weighted by Gasteiger charge is 2.27. The third-order valence-electron chi connectivity index (χ3n) is 3.47. The van der Waals surface area contributed by atoms with Gasteiger partial charge in [-0.05, 0) is 12.8 Å². The Labute approximate surface area is 123 Å². The van der Waals surface area contributed by atoms with Gasteiger partial charge in [0.1, 0.15) is 6.61 Å². The van der Waals surface area contributed by atoms with Gasteiger partial charge in [0.05, 0.1) is 6.61 Å². The van der Waals surface area contributed by atoms with Gasteiger partial charge in [0.25, 0.3) is 0 Å². The second-order valence-corrected chi connectivity index (χ2v) is 5.41. The molecule has 7 heteroatoms. The number of carbonyl (C=O) groups is 1. The van der Waals surface area contributed by atoms with Crippen LogP contribution in [0.15, 0.2) is 0 Å². The summed E-state index contributed by atoms with van der Waals surface area (Å²) in [7, 11) is 0. The Balaban J connectivity index is 1.95. The highest BCUT2D eigenvalue weighted by atomic mass is 19.4. The summed E-state index contributed by atoms with van der Waals surface area (Å²) < 4.78 is 39.8. The molecule has 0 saturated heterocycles. The van der Waals surface area contributed by atoms with E-state index in [-0.39, 0.29) is 18.9 Å². The first-order valence-corrected chi connectivity index (χ1v) is 7.62. The van der Waals surface area contributed by atoms with Crippen molar-refractivity contribution < 1.29 is 22.7 Å². The molecular formula is C14H25F3N2O2. The zero-order valence-corrected chi connectivity index (χ0v) is 12.3. The molecule has 0 spiro atoms. The molecule has 1 saturated carbocycles. The van der Waals surface area contributed by atoms with Crippen LogP contribution in [-0.2, 0) is 9.53 Å². The lowest BCUT2D eigenvalue weighted by Crippen LogP contribution is -2.37. The first kappa shape index (κ1) is 18.2. The number of nitrogens with one attached hydrogen (secondary N) is 2. The molecule has 0 aromatic heterocycles. The monoisotopic (exact) mass is 310 g/mol. The maximum absolute atomic E-state index is 11.8. The molecule has 1 fully saturated rings. The molecule has 0 bridgehead atoms. The predicted octanol–water partition coefficient (Wildman–Crippen LogP) is 2.38. The van der Waals surface area contributed by atoms with Crippen LogP contribution in [0, 0.1) is 0 Å². The first-order chi connectivity index (χ1) is 9.97. The van der Waals surface area contributed by atoms with Crippen LogP contribution < -0.4 is 10.6 Å². The van der Waals surface area contributed by atoms with Crippen molar-refractivity contribution in [2.75, 3.05) is 26.3 Å². The van der Waals surface area contributed by atoms with Crippen molar-refractivity contribution in [1.82, 2.24) is 10.6 Å². The minimum absolute atomic E-state index is 0.0422. The topological polar surface area (TPSA) is 50.4 Å². The number of amides is 1. The molecule has 0 atom stereocenters. The van der Waals surface area contributed by atoms with Crippen LogP contribution in [0.3, 0.4) is 0 Å². The average molecular weight is 310 g/mol. The van der Waals surface area contributed by atoms with Gasteiger partial charge < -0.3 is 15.4 Å². The summed E-state index contributed by atoms with van der Waals surface area (Å²) in [5, 5.41) is 6.08. The summed E-state index contributed by atoms with van der Waals surface area (Å²) in [5.74, 6) is -0.278. The minimum Gasteiger partial charge on any atom is -0.372 e. The van der Waals surface area contributed by atoms with Crippen LogP contribution in [0.5, 0.6) is 0 Å². The number of hydrogen-bond acceptors (Lipinski definition) is 3. The second-order valence-electron chi connectivity index (χ2n) is 5.41. The molecule has 0 unspecified atom stereocenters. The summed E-state index contributed by atoms with van der Waals surface area (Å²) in [6.45, 7) is -0.320. The van der Waals surface area contributed by atoms with Gasteiger partial charge in [-0.25, -0.2) is 0 Å². The van der Waals surface area contributed by atoms with E-state index in [1.807, 2.05) is 0 Å². The summed E-state index contributed by atoms with van der Waals surface area (Å²) in [5.41, 5.74) is 0. The normalized spacial score (nSPS) is 17.5. The van der Waals surface area contributed by atoms with E-state index in [9.17, 15) is 18.0 Å². The van der Waals surface area contributed by atoms with E-state index in [1.54, 1.807) is 0 Å². The number of ether oxygens (including phenoxy) is 1. The van der Waals surface area contributed by atoms with Crippen molar-refractivity contribution in [1.29, 1.82) is 0 Å². The molecule has 4 nitrogen and oxygen atoms in total. The van der Waals surface area contributed by atoms with Gasteiger partial charge in [0.2, 0.25) is 5.91 Å². The maximum Gasteiger partial charge on any atom is 0.411 e. The first-order valence-electron chi connectivity index (χ1n) is 7.62. The van der Waals surface area contributed by atoms with Gasteiger partial charge in [-0.2, -0.15) is 13.2 Å². The summed E-state index contributed by atoms with van der Waals surface area (Å²) in [6, 6.07) is 0.527. The van der Waals surface area contributed by atoms with Gasteiger partial charge >= 0.3 is 6.18 Å². The number of carbonyl (C=O) groups excluding carboxylic acids is 1. The Morgan fingerprint density at radius 1 is 1.10 bits per heavy atom. The molecule has 124 valence electrons. The number of halogens is 3. The van der Waals surface area contributed by atoms with E-state index in [1.165, 1.54) is 38.5 Å². The quantitative estimate of drug-likeness (QED) is 0.534. The molecule has 1 amide bonds. The molecule has 0 heterocycles. The Kier molecular flexibility index (Phi) is 8.68. The molecule has 0 aromatic rings. The number of alkyl halides is 3. The van der Waals surface area contributed by atoms with Gasteiger partial charge in [-0.15, -0.1) is 0 Å². The Morgan fingerprint density at radius 2 is 1.76 bits per heavy atom. The molecule has 21 heavy (non-hydrogen) atoms. The van der Waals surface area contributed by atoms with Crippen LogP contribution >= 0.6 is 0 Å². The van der Waals surface area contributed by atoms with E-state index in [2.05, 4.69) is 15.4 Å². The maximum atomic E-state index is 11.8. The van der Waals surface area contributed by atoms with Crippen LogP contribution in [0.4, 0.5) is 13.2 Å². The van der Waals surface area contributed by atoms with Crippen molar-refractivity contribution in [2.24, 2.45) is 0 Å². The van der Waals surface area contributed by atoms with Gasteiger partial charge in [0.15, 0.2) is 0 Å². The fourth-order valence-corrected chi connectivity index (χ4v) is 2.40. The predicted molar refractivity (Wildman–Crippen MR) is 74.0 cm³/mol. The number of hydrogen-bond donors (Lipinski definition) is 2. The molecular weight excluding hydrogens is 285 g/mol. The van der Waals surface area contributed by atoms with Crippen molar-refractivity contribution >= 4 is 5.91 Å². The third-order valence-corrected chi connectivity index (χ3v) is 3.47. The fourth-order valence-electron chi connectivity index (χ4n) is 2.40. The van der Waals surface area contributed by atoms with Crippen molar-refractivity contribution in [3.63, 3.8) is 0 Å². The molecule has 0 radical (unpaired) electrons. The van der Waals surface area contributed by atoms with E-state index in [0.717, 1.165) is 0 Å². The Morgan fingerprint density at radius 3 is 2.38 bits per heavy atom. The van der Waals surface area contributed by atoms with E-state index in [0.29, 0.717) is 19.1 Å². The summed E-state index contributed by atoms with van der Waals surface area (Å²) in [6.07, 6.45) is 3.08. The van der Waals surface area contributed by atoms with Crippen molar-refractivity contribution in [3.8, 4) is 0 Å². The highest BCUT2D eigenvalue weighted by Crippen LogP contribution is 2.16. The van der Waals surface area contributed by atoms with Crippen LogP contribution in [0.2, 0.25) is 0 Å². The molecule has 1 aliphatic carbocycles. The summed E-state index contributed by atoms with van der Waals surface area (Å²) >= 11 is 0. The smallest absolute Gasteiger partial charge is 0.372 e. The summed E-state index contributed by atoms with van der Waals surface area (Å²) in [4.78, 5) is 11.4. The lowest BCUT2D eigenvalue weighted by molar-refractivity contribution is -0.174. The lowest BCUT2D eigenvalue weighted by atomic mass is 10.1. The van der Waals surface area contributed by atoms with Crippen molar-refractivity contribution in [3.05, 3.63) is 0 Å². The number of rotatable bonds is 8. The van der Waals surface area contributed by atoms with E-state index < -0.39 is 12.8 Å². The standard InChI is InChI=1S/C14H25F3N2O2/c15-14(16,17)11-21-10-7-13(20)19-9-8-18-12-5-3-1-2-4-6-12/h12,18H,1-11H2,(H,19,20). The Hall–Kier alpha value is -0.820. The third kappa shape index (κ3) is 10.5. The van der Waals surface area contributed by atoms with Crippen LogP contribution in [0.25, 0.3) is 0 Å². The molecule has 1 rings (SSSR count). The highest BCUT2D eigenvalue weighted by molar-refractivity contribution is 5.75. The molecule has 0 aliphatic heterocycles. The van der Waals surface area contributed by atoms with Gasteiger partial charge in [0, 0.05) is 25.6 Å². The molecule has 0 aromatic carbocycles. The average Bonchev–Trinajstić information content (AvgIpc) is 2.67. The lowest BCUT2D eigenvalue weighted by Gasteiger charge is -2.16. The van der Waals surface area contributed by atoms with Gasteiger partial charge in [-0.1, -0.05) is 25.7 Å². The largest absolute Gasteiger partial charge is 0.411 e. The Bertz CT molecular complexity index is 290. The van der Waals surface area contributed by atoms with E-state index >= 15 is 0 Å². The zero-order chi connectivity index (χ0) is 15.6. The van der Waals surface area contributed by atoms with E-state index in [4.69, 9.17) is 0 Å². The van der Waals surface area contributed by atoms with Gasteiger partial charge in [-0.3, -0.25) is 4.79 Å². The molecule has 1 aliphatic rings. The second kappa shape index (κ2) is 10.00. The van der Waals surface area contributed by atoms with Crippen LogP contribution in [-0.4, -0.2) is 44.4 Å². The zero-order valence-electron chi connectivity index (χ0n) is 12.3. The fraction of sp³-hybridized carbons (Fsp3) is 0.929. The van der Waals surface area contributed by atoms with Crippen LogP contribution in [0.1, 0.15) is 44.9 Å². The molecule has 2 N–H and O–H groups in total. The SMILES string of the molecule is O=C(CCOCC(F)(F)F)NCCNC1CCCCCC1.